The third-order valence-electron chi connectivity index (χ3n) is 2.26. The van der Waals surface area contributed by atoms with Gasteiger partial charge in [-0.15, -0.1) is 11.3 Å². The molecule has 0 radical (unpaired) electrons. The van der Waals surface area contributed by atoms with Gasteiger partial charge in [0.05, 0.1) is 6.20 Å². The predicted molar refractivity (Wildman–Crippen MR) is 70.3 cm³/mol. The van der Waals surface area contributed by atoms with E-state index >= 15 is 0 Å². The molecule has 0 bridgehead atoms. The van der Waals surface area contributed by atoms with E-state index < -0.39 is 10.0 Å². The quantitative estimate of drug-likeness (QED) is 0.933. The van der Waals surface area contributed by atoms with Gasteiger partial charge in [0, 0.05) is 23.3 Å². The molecule has 2 aromatic rings. The van der Waals surface area contributed by atoms with Crippen molar-refractivity contribution in [3.05, 3.63) is 23.5 Å². The van der Waals surface area contributed by atoms with Crippen LogP contribution in [0.5, 0.6) is 0 Å². The summed E-state index contributed by atoms with van der Waals surface area (Å²) < 4.78 is 28.1. The van der Waals surface area contributed by atoms with Crippen molar-refractivity contribution in [2.75, 3.05) is 4.72 Å². The second-order valence-corrected chi connectivity index (χ2v) is 7.05. The van der Waals surface area contributed by atoms with Crippen molar-refractivity contribution in [2.45, 2.75) is 31.7 Å². The van der Waals surface area contributed by atoms with Gasteiger partial charge in [0.15, 0.2) is 5.13 Å². The van der Waals surface area contributed by atoms with E-state index in [1.165, 1.54) is 23.7 Å². The van der Waals surface area contributed by atoms with E-state index in [2.05, 4.69) is 14.8 Å². The summed E-state index contributed by atoms with van der Waals surface area (Å²) in [6.45, 7) is 5.73. The van der Waals surface area contributed by atoms with Crippen molar-refractivity contribution in [3.63, 3.8) is 0 Å². The van der Waals surface area contributed by atoms with E-state index in [4.69, 9.17) is 0 Å². The Morgan fingerprint density at radius 2 is 2.11 bits per heavy atom. The van der Waals surface area contributed by atoms with Crippen LogP contribution in [-0.2, 0) is 10.0 Å². The monoisotopic (exact) mass is 286 g/mol. The molecule has 8 heteroatoms. The molecule has 0 atom stereocenters. The Labute approximate surface area is 110 Å². The fourth-order valence-electron chi connectivity index (χ4n) is 1.32. The molecule has 0 aliphatic heterocycles. The SMILES string of the molecule is Cc1cnc(NS(=O)(=O)c2cnn(C(C)C)c2)s1. The third kappa shape index (κ3) is 2.70. The van der Waals surface area contributed by atoms with Crippen molar-refractivity contribution in [1.82, 2.24) is 14.8 Å². The fraction of sp³-hybridized carbons (Fsp3) is 0.400. The summed E-state index contributed by atoms with van der Waals surface area (Å²) in [5.74, 6) is 0. The van der Waals surface area contributed by atoms with Crippen LogP contribution in [0.4, 0.5) is 5.13 Å². The molecule has 0 fully saturated rings. The number of sulfonamides is 1. The van der Waals surface area contributed by atoms with Crippen LogP contribution < -0.4 is 4.72 Å². The first-order valence-electron chi connectivity index (χ1n) is 5.38. The average Bonchev–Trinajstić information content (AvgIpc) is 2.86. The van der Waals surface area contributed by atoms with Gasteiger partial charge >= 0.3 is 0 Å². The molecule has 0 aliphatic rings. The number of aromatic nitrogens is 3. The van der Waals surface area contributed by atoms with Gasteiger partial charge in [0.1, 0.15) is 4.90 Å². The maximum Gasteiger partial charge on any atom is 0.266 e. The lowest BCUT2D eigenvalue weighted by Crippen LogP contribution is -2.12. The minimum atomic E-state index is -3.60. The maximum atomic E-state index is 12.0. The second-order valence-electron chi connectivity index (χ2n) is 4.13. The van der Waals surface area contributed by atoms with Crippen LogP contribution in [0.15, 0.2) is 23.5 Å². The molecule has 0 aromatic carbocycles. The largest absolute Gasteiger partial charge is 0.269 e. The first-order valence-corrected chi connectivity index (χ1v) is 7.68. The van der Waals surface area contributed by atoms with Crippen molar-refractivity contribution >= 4 is 26.5 Å². The number of nitrogens with one attached hydrogen (secondary N) is 1. The Morgan fingerprint density at radius 3 is 2.61 bits per heavy atom. The standard InChI is InChI=1S/C10H14N4O2S2/c1-7(2)14-6-9(5-12-14)18(15,16)13-10-11-4-8(3)17-10/h4-7H,1-3H3,(H,11,13). The van der Waals surface area contributed by atoms with E-state index in [0.29, 0.717) is 5.13 Å². The van der Waals surface area contributed by atoms with Crippen LogP contribution in [-0.4, -0.2) is 23.2 Å². The van der Waals surface area contributed by atoms with Crippen molar-refractivity contribution < 1.29 is 8.42 Å². The molecule has 2 heterocycles. The summed E-state index contributed by atoms with van der Waals surface area (Å²) >= 11 is 1.29. The predicted octanol–water partition coefficient (Wildman–Crippen LogP) is 2.03. The number of thiazole rings is 1. The first kappa shape index (κ1) is 13.0. The van der Waals surface area contributed by atoms with Crippen LogP contribution in [0.25, 0.3) is 0 Å². The number of hydrogen-bond acceptors (Lipinski definition) is 5. The average molecular weight is 286 g/mol. The molecule has 98 valence electrons. The number of hydrogen-bond donors (Lipinski definition) is 1. The molecular weight excluding hydrogens is 272 g/mol. The molecule has 0 amide bonds. The summed E-state index contributed by atoms with van der Waals surface area (Å²) in [4.78, 5) is 5.06. The van der Waals surface area contributed by atoms with Crippen LogP contribution >= 0.6 is 11.3 Å². The minimum Gasteiger partial charge on any atom is -0.269 e. The minimum absolute atomic E-state index is 0.121. The molecule has 0 spiro atoms. The highest BCUT2D eigenvalue weighted by Gasteiger charge is 2.18. The van der Waals surface area contributed by atoms with Gasteiger partial charge in [0.25, 0.3) is 10.0 Å². The van der Waals surface area contributed by atoms with Gasteiger partial charge in [-0.2, -0.15) is 5.10 Å². The van der Waals surface area contributed by atoms with Crippen LogP contribution in [0.3, 0.4) is 0 Å². The summed E-state index contributed by atoms with van der Waals surface area (Å²) in [5, 5.41) is 4.37. The zero-order chi connectivity index (χ0) is 13.3. The van der Waals surface area contributed by atoms with Gasteiger partial charge in [-0.05, 0) is 20.8 Å². The molecule has 0 aliphatic carbocycles. The molecule has 6 nitrogen and oxygen atoms in total. The Bertz CT molecular complexity index is 642. The molecular formula is C10H14N4O2S2. The van der Waals surface area contributed by atoms with Gasteiger partial charge in [0.2, 0.25) is 0 Å². The second kappa shape index (κ2) is 4.69. The first-order chi connectivity index (χ1) is 8.38. The number of anilines is 1. The Kier molecular flexibility index (Phi) is 3.40. The number of nitrogens with zero attached hydrogens (tertiary/aromatic N) is 3. The van der Waals surface area contributed by atoms with E-state index in [1.807, 2.05) is 20.8 Å². The normalized spacial score (nSPS) is 12.0. The summed E-state index contributed by atoms with van der Waals surface area (Å²) in [6, 6.07) is 0.121. The highest BCUT2D eigenvalue weighted by Crippen LogP contribution is 2.21. The maximum absolute atomic E-state index is 12.0. The zero-order valence-corrected chi connectivity index (χ0v) is 11.9. The molecule has 0 unspecified atom stereocenters. The van der Waals surface area contributed by atoms with Gasteiger partial charge in [-0.25, -0.2) is 13.4 Å². The lowest BCUT2D eigenvalue weighted by atomic mass is 10.4. The van der Waals surface area contributed by atoms with E-state index in [0.717, 1.165) is 4.88 Å². The summed E-state index contributed by atoms with van der Waals surface area (Å²) in [7, 11) is -3.60. The Morgan fingerprint density at radius 1 is 1.39 bits per heavy atom. The lowest BCUT2D eigenvalue weighted by Gasteiger charge is -2.04. The summed E-state index contributed by atoms with van der Waals surface area (Å²) in [6.07, 6.45) is 4.47. The van der Waals surface area contributed by atoms with E-state index in [-0.39, 0.29) is 10.9 Å². The lowest BCUT2D eigenvalue weighted by molar-refractivity contribution is 0.531. The molecule has 18 heavy (non-hydrogen) atoms. The van der Waals surface area contributed by atoms with Gasteiger partial charge < -0.3 is 0 Å². The zero-order valence-electron chi connectivity index (χ0n) is 10.3. The van der Waals surface area contributed by atoms with E-state index in [9.17, 15) is 8.42 Å². The van der Waals surface area contributed by atoms with Crippen molar-refractivity contribution in [2.24, 2.45) is 0 Å². The molecule has 0 saturated heterocycles. The highest BCUT2D eigenvalue weighted by atomic mass is 32.2. The molecule has 2 rings (SSSR count). The highest BCUT2D eigenvalue weighted by molar-refractivity contribution is 7.93. The van der Waals surface area contributed by atoms with Crippen molar-refractivity contribution in [3.8, 4) is 0 Å². The summed E-state index contributed by atoms with van der Waals surface area (Å²) in [5.41, 5.74) is 0. The molecule has 1 N–H and O–H groups in total. The van der Waals surface area contributed by atoms with Crippen LogP contribution in [0.2, 0.25) is 0 Å². The smallest absolute Gasteiger partial charge is 0.266 e. The topological polar surface area (TPSA) is 76.9 Å². The molecule has 0 saturated carbocycles. The Balaban J connectivity index is 2.25. The van der Waals surface area contributed by atoms with Crippen LogP contribution in [0, 0.1) is 6.92 Å². The third-order valence-corrected chi connectivity index (χ3v) is 4.51. The van der Waals surface area contributed by atoms with E-state index in [1.54, 1.807) is 10.9 Å². The fourth-order valence-corrected chi connectivity index (χ4v) is 3.16. The molecule has 2 aromatic heterocycles. The number of aryl methyl sites for hydroxylation is 1. The van der Waals surface area contributed by atoms with Gasteiger partial charge in [-0.1, -0.05) is 0 Å². The Hall–Kier alpha value is -1.41. The number of rotatable bonds is 4. The van der Waals surface area contributed by atoms with Gasteiger partial charge in [-0.3, -0.25) is 9.40 Å². The van der Waals surface area contributed by atoms with Crippen molar-refractivity contribution in [1.29, 1.82) is 0 Å². The van der Waals surface area contributed by atoms with Crippen LogP contribution in [0.1, 0.15) is 24.8 Å².